The molecule has 15 heavy (non-hydrogen) atoms. The molecular formula is C12H8N3. The second-order valence-electron chi connectivity index (χ2n) is 3.29. The molecule has 0 saturated heterocycles. The largest absolute Gasteiger partial charge is 0.244 e. The SMILES string of the molecule is c1ccc2c(c1)[N]c1ccccc1N=N2. The Bertz CT molecular complexity index is 484. The number of benzene rings is 2. The summed E-state index contributed by atoms with van der Waals surface area (Å²) in [5.41, 5.74) is 3.36. The molecule has 0 unspecified atom stereocenters. The molecule has 1 aliphatic rings. The standard InChI is InChI=1S/C12H8N3/c1-3-7-11-9(5-1)13-10-6-2-4-8-12(10)15-14-11/h1-8H. The lowest BCUT2D eigenvalue weighted by atomic mass is 10.2. The molecule has 2 aromatic carbocycles. The Morgan fingerprint density at radius 3 is 1.40 bits per heavy atom. The van der Waals surface area contributed by atoms with Gasteiger partial charge in [0, 0.05) is 0 Å². The summed E-state index contributed by atoms with van der Waals surface area (Å²) in [5, 5.41) is 12.8. The van der Waals surface area contributed by atoms with Crippen molar-refractivity contribution < 1.29 is 0 Å². The Hall–Kier alpha value is -2.16. The number of azo groups is 1. The molecule has 3 heteroatoms. The van der Waals surface area contributed by atoms with Gasteiger partial charge in [0.05, 0.1) is 11.4 Å². The molecule has 3 rings (SSSR count). The van der Waals surface area contributed by atoms with Crippen LogP contribution < -0.4 is 5.32 Å². The lowest BCUT2D eigenvalue weighted by Gasteiger charge is -2.02. The fraction of sp³-hybridized carbons (Fsp3) is 0. The third kappa shape index (κ3) is 1.38. The van der Waals surface area contributed by atoms with Crippen molar-refractivity contribution in [1.29, 1.82) is 0 Å². The fourth-order valence-electron chi connectivity index (χ4n) is 1.52. The first-order valence-electron chi connectivity index (χ1n) is 4.75. The molecule has 0 atom stereocenters. The Labute approximate surface area is 87.5 Å². The van der Waals surface area contributed by atoms with Gasteiger partial charge in [0.15, 0.2) is 0 Å². The summed E-state index contributed by atoms with van der Waals surface area (Å²) >= 11 is 0. The molecule has 0 fully saturated rings. The highest BCUT2D eigenvalue weighted by atomic mass is 15.2. The highest BCUT2D eigenvalue weighted by Crippen LogP contribution is 2.37. The molecule has 71 valence electrons. The minimum absolute atomic E-state index is 0.814. The van der Waals surface area contributed by atoms with Gasteiger partial charge in [-0.1, -0.05) is 24.3 Å². The van der Waals surface area contributed by atoms with E-state index in [4.69, 9.17) is 0 Å². The molecule has 0 N–H and O–H groups in total. The third-order valence-electron chi connectivity index (χ3n) is 2.27. The molecule has 1 heterocycles. The van der Waals surface area contributed by atoms with E-state index in [1.54, 1.807) is 0 Å². The van der Waals surface area contributed by atoms with Crippen molar-refractivity contribution in [3.05, 3.63) is 48.5 Å². The highest BCUT2D eigenvalue weighted by molar-refractivity contribution is 5.72. The number of nitrogens with zero attached hydrogens (tertiary/aromatic N) is 3. The Balaban J connectivity index is 2.19. The van der Waals surface area contributed by atoms with Crippen LogP contribution in [-0.4, -0.2) is 0 Å². The van der Waals surface area contributed by atoms with E-state index < -0.39 is 0 Å². The topological polar surface area (TPSA) is 38.8 Å². The molecule has 0 bridgehead atoms. The van der Waals surface area contributed by atoms with Crippen molar-refractivity contribution in [3.63, 3.8) is 0 Å². The van der Waals surface area contributed by atoms with Crippen LogP contribution in [0, 0.1) is 0 Å². The summed E-state index contributed by atoms with van der Waals surface area (Å²) in [5.74, 6) is 0. The number of hydrogen-bond donors (Lipinski definition) is 0. The zero-order valence-electron chi connectivity index (χ0n) is 7.96. The van der Waals surface area contributed by atoms with Crippen LogP contribution in [0.1, 0.15) is 0 Å². The normalized spacial score (nSPS) is 12.3. The van der Waals surface area contributed by atoms with E-state index in [0.29, 0.717) is 0 Å². The maximum absolute atomic E-state index is 4.52. The van der Waals surface area contributed by atoms with E-state index in [2.05, 4.69) is 15.5 Å². The summed E-state index contributed by atoms with van der Waals surface area (Å²) in [6, 6.07) is 15.5. The molecular weight excluding hydrogens is 186 g/mol. The molecule has 0 spiro atoms. The van der Waals surface area contributed by atoms with Crippen molar-refractivity contribution >= 4 is 22.7 Å². The molecule has 1 aliphatic heterocycles. The lowest BCUT2D eigenvalue weighted by molar-refractivity contribution is 1.20. The quantitative estimate of drug-likeness (QED) is 0.519. The molecule has 0 aliphatic carbocycles. The number of hydrogen-bond acceptors (Lipinski definition) is 2. The van der Waals surface area contributed by atoms with Gasteiger partial charge in [-0.15, -0.1) is 10.2 Å². The minimum Gasteiger partial charge on any atom is -0.244 e. The fourth-order valence-corrected chi connectivity index (χ4v) is 1.52. The van der Waals surface area contributed by atoms with Crippen molar-refractivity contribution in [2.75, 3.05) is 0 Å². The number of para-hydroxylation sites is 2. The Kier molecular flexibility index (Phi) is 1.75. The van der Waals surface area contributed by atoms with Crippen LogP contribution in [0.25, 0.3) is 0 Å². The minimum atomic E-state index is 0.814. The first-order chi connectivity index (χ1) is 7.43. The molecule has 1 radical (unpaired) electrons. The first-order valence-corrected chi connectivity index (χ1v) is 4.75. The molecule has 2 aromatic rings. The predicted molar refractivity (Wildman–Crippen MR) is 58.5 cm³/mol. The summed E-state index contributed by atoms with van der Waals surface area (Å²) in [7, 11) is 0. The van der Waals surface area contributed by atoms with Crippen LogP contribution in [-0.2, 0) is 0 Å². The van der Waals surface area contributed by atoms with Gasteiger partial charge in [0.1, 0.15) is 11.4 Å². The Morgan fingerprint density at radius 2 is 0.933 bits per heavy atom. The van der Waals surface area contributed by atoms with Crippen molar-refractivity contribution in [3.8, 4) is 0 Å². The van der Waals surface area contributed by atoms with Crippen molar-refractivity contribution in [2.45, 2.75) is 0 Å². The zero-order valence-corrected chi connectivity index (χ0v) is 7.96. The highest BCUT2D eigenvalue weighted by Gasteiger charge is 2.10. The average Bonchev–Trinajstić information content (AvgIpc) is 2.48. The molecule has 0 saturated carbocycles. The van der Waals surface area contributed by atoms with Gasteiger partial charge in [-0.3, -0.25) is 0 Å². The van der Waals surface area contributed by atoms with E-state index in [0.717, 1.165) is 22.7 Å². The molecule has 0 amide bonds. The van der Waals surface area contributed by atoms with Gasteiger partial charge in [-0.25, -0.2) is 5.32 Å². The van der Waals surface area contributed by atoms with Gasteiger partial charge in [-0.2, -0.15) is 0 Å². The summed E-state index contributed by atoms with van der Waals surface area (Å²) in [6.07, 6.45) is 0. The van der Waals surface area contributed by atoms with E-state index in [9.17, 15) is 0 Å². The van der Waals surface area contributed by atoms with Crippen LogP contribution in [0.5, 0.6) is 0 Å². The smallest absolute Gasteiger partial charge is 0.111 e. The Morgan fingerprint density at radius 1 is 0.533 bits per heavy atom. The van der Waals surface area contributed by atoms with Gasteiger partial charge in [0.25, 0.3) is 0 Å². The van der Waals surface area contributed by atoms with E-state index in [1.807, 2.05) is 48.5 Å². The van der Waals surface area contributed by atoms with Gasteiger partial charge >= 0.3 is 0 Å². The van der Waals surface area contributed by atoms with Crippen LogP contribution in [0.4, 0.5) is 22.7 Å². The molecule has 3 nitrogen and oxygen atoms in total. The lowest BCUT2D eigenvalue weighted by Crippen LogP contribution is -1.87. The van der Waals surface area contributed by atoms with E-state index in [-0.39, 0.29) is 0 Å². The second-order valence-corrected chi connectivity index (χ2v) is 3.29. The van der Waals surface area contributed by atoms with Gasteiger partial charge in [0.2, 0.25) is 0 Å². The third-order valence-corrected chi connectivity index (χ3v) is 2.27. The van der Waals surface area contributed by atoms with Crippen LogP contribution in [0.3, 0.4) is 0 Å². The van der Waals surface area contributed by atoms with Gasteiger partial charge < -0.3 is 0 Å². The monoisotopic (exact) mass is 194 g/mol. The van der Waals surface area contributed by atoms with Crippen LogP contribution in [0.15, 0.2) is 58.8 Å². The maximum Gasteiger partial charge on any atom is 0.111 e. The second kappa shape index (κ2) is 3.20. The van der Waals surface area contributed by atoms with Crippen LogP contribution >= 0.6 is 0 Å². The number of rotatable bonds is 0. The summed E-state index contributed by atoms with van der Waals surface area (Å²) in [4.78, 5) is 0. The first kappa shape index (κ1) is 8.17. The van der Waals surface area contributed by atoms with E-state index >= 15 is 0 Å². The van der Waals surface area contributed by atoms with Gasteiger partial charge in [-0.05, 0) is 24.3 Å². The van der Waals surface area contributed by atoms with Crippen molar-refractivity contribution in [1.82, 2.24) is 5.32 Å². The van der Waals surface area contributed by atoms with Crippen LogP contribution in [0.2, 0.25) is 0 Å². The maximum atomic E-state index is 4.52. The average molecular weight is 194 g/mol. The summed E-state index contributed by atoms with van der Waals surface area (Å²) < 4.78 is 0. The van der Waals surface area contributed by atoms with E-state index in [1.165, 1.54) is 0 Å². The number of fused-ring (bicyclic) bond motifs is 2. The van der Waals surface area contributed by atoms with Crippen molar-refractivity contribution in [2.24, 2.45) is 10.2 Å². The zero-order chi connectivity index (χ0) is 10.1. The molecule has 0 aromatic heterocycles. The predicted octanol–water partition coefficient (Wildman–Crippen LogP) is 3.98. The summed E-state index contributed by atoms with van der Waals surface area (Å²) in [6.45, 7) is 0.